The van der Waals surface area contributed by atoms with Crippen LogP contribution < -0.4 is 20.7 Å². The Bertz CT molecular complexity index is 526. The number of amides is 1. The number of carbonyl (C=O) groups is 3. The largest absolute Gasteiger partial charge is 0.423 e. The van der Waals surface area contributed by atoms with Gasteiger partial charge in [0, 0.05) is 13.8 Å². The van der Waals surface area contributed by atoms with Crippen molar-refractivity contribution in [3.63, 3.8) is 0 Å². The number of ether oxygens (including phenoxy) is 2. The standard InChI is InChI=1S/C11H12BNO5/c1-5(14)17-9-4-7(12)3-8(11(13)16)10(9)18-6(2)15/h3-4H,12H2,1-2H3,(H2,13,16). The molecule has 0 atom stereocenters. The molecule has 1 amide bonds. The van der Waals surface area contributed by atoms with Gasteiger partial charge in [-0.05, 0) is 6.07 Å². The van der Waals surface area contributed by atoms with Crippen LogP contribution >= 0.6 is 0 Å². The van der Waals surface area contributed by atoms with Crippen molar-refractivity contribution < 1.29 is 23.9 Å². The third kappa shape index (κ3) is 3.34. The lowest BCUT2D eigenvalue weighted by atomic mass is 9.93. The Kier molecular flexibility index (Phi) is 4.09. The molecule has 6 nitrogen and oxygen atoms in total. The van der Waals surface area contributed by atoms with Gasteiger partial charge in [-0.1, -0.05) is 11.5 Å². The van der Waals surface area contributed by atoms with Gasteiger partial charge in [0.05, 0.1) is 5.56 Å². The van der Waals surface area contributed by atoms with Crippen molar-refractivity contribution in [1.29, 1.82) is 0 Å². The summed E-state index contributed by atoms with van der Waals surface area (Å²) in [5.74, 6) is -2.16. The number of esters is 2. The fraction of sp³-hybridized carbons (Fsp3) is 0.182. The summed E-state index contributed by atoms with van der Waals surface area (Å²) in [7, 11) is 1.69. The van der Waals surface area contributed by atoms with Crippen LogP contribution in [0, 0.1) is 0 Å². The normalized spacial score (nSPS) is 9.67. The maximum atomic E-state index is 11.3. The van der Waals surface area contributed by atoms with Gasteiger partial charge in [-0.15, -0.1) is 0 Å². The van der Waals surface area contributed by atoms with Gasteiger partial charge in [-0.3, -0.25) is 14.4 Å². The van der Waals surface area contributed by atoms with Crippen LogP contribution in [0.1, 0.15) is 24.2 Å². The second kappa shape index (κ2) is 5.35. The van der Waals surface area contributed by atoms with E-state index < -0.39 is 17.8 Å². The Morgan fingerprint density at radius 3 is 2.11 bits per heavy atom. The van der Waals surface area contributed by atoms with Crippen molar-refractivity contribution in [2.24, 2.45) is 5.73 Å². The minimum Gasteiger partial charge on any atom is -0.423 e. The monoisotopic (exact) mass is 249 g/mol. The Morgan fingerprint density at radius 2 is 1.67 bits per heavy atom. The molecule has 0 aliphatic carbocycles. The zero-order valence-electron chi connectivity index (χ0n) is 10.3. The van der Waals surface area contributed by atoms with Crippen LogP contribution in [0.3, 0.4) is 0 Å². The lowest BCUT2D eigenvalue weighted by Crippen LogP contribution is -2.19. The Hall–Kier alpha value is -2.31. The van der Waals surface area contributed by atoms with Gasteiger partial charge in [-0.2, -0.15) is 0 Å². The second-order valence-corrected chi connectivity index (χ2v) is 3.69. The van der Waals surface area contributed by atoms with Crippen LogP contribution in [0.15, 0.2) is 12.1 Å². The summed E-state index contributed by atoms with van der Waals surface area (Å²) >= 11 is 0. The molecule has 18 heavy (non-hydrogen) atoms. The van der Waals surface area contributed by atoms with E-state index in [1.54, 1.807) is 7.85 Å². The molecule has 0 radical (unpaired) electrons. The molecule has 0 aromatic heterocycles. The van der Waals surface area contributed by atoms with E-state index in [-0.39, 0.29) is 17.1 Å². The Balaban J connectivity index is 3.41. The van der Waals surface area contributed by atoms with E-state index >= 15 is 0 Å². The number of benzene rings is 1. The molecule has 0 saturated carbocycles. The van der Waals surface area contributed by atoms with E-state index in [0.717, 1.165) is 0 Å². The third-order valence-corrected chi connectivity index (χ3v) is 1.96. The molecule has 0 aliphatic heterocycles. The number of hydrogen-bond acceptors (Lipinski definition) is 5. The van der Waals surface area contributed by atoms with Crippen LogP contribution in [-0.2, 0) is 9.59 Å². The Morgan fingerprint density at radius 1 is 1.11 bits per heavy atom. The van der Waals surface area contributed by atoms with Crippen molar-refractivity contribution in [2.75, 3.05) is 0 Å². The molecule has 0 saturated heterocycles. The van der Waals surface area contributed by atoms with Crippen LogP contribution in [-0.4, -0.2) is 25.7 Å². The lowest BCUT2D eigenvalue weighted by Gasteiger charge is -2.12. The molecular formula is C11H12BNO5. The quantitative estimate of drug-likeness (QED) is 0.416. The summed E-state index contributed by atoms with van der Waals surface area (Å²) in [5.41, 5.74) is 5.82. The summed E-state index contributed by atoms with van der Waals surface area (Å²) in [5, 5.41) is 0. The first-order valence-electron chi connectivity index (χ1n) is 5.12. The summed E-state index contributed by atoms with van der Waals surface area (Å²) in [6.45, 7) is 2.37. The average molecular weight is 249 g/mol. The van der Waals surface area contributed by atoms with Gasteiger partial charge in [0.15, 0.2) is 11.5 Å². The van der Waals surface area contributed by atoms with E-state index in [4.69, 9.17) is 15.2 Å². The van der Waals surface area contributed by atoms with Crippen molar-refractivity contribution in [3.8, 4) is 11.5 Å². The van der Waals surface area contributed by atoms with Crippen LogP contribution in [0.2, 0.25) is 0 Å². The van der Waals surface area contributed by atoms with Gasteiger partial charge in [0.1, 0.15) is 7.85 Å². The van der Waals surface area contributed by atoms with Crippen LogP contribution in [0.5, 0.6) is 11.5 Å². The molecule has 1 aromatic rings. The fourth-order valence-electron chi connectivity index (χ4n) is 1.40. The SMILES string of the molecule is Bc1cc(OC(C)=O)c(OC(C)=O)c(C(N)=O)c1. The predicted molar refractivity (Wildman–Crippen MR) is 65.8 cm³/mol. The Labute approximate surface area is 104 Å². The predicted octanol–water partition coefficient (Wildman–Crippen LogP) is -1.11. The minimum atomic E-state index is -0.775. The van der Waals surface area contributed by atoms with Gasteiger partial charge < -0.3 is 15.2 Å². The van der Waals surface area contributed by atoms with Gasteiger partial charge in [0.25, 0.3) is 5.91 Å². The number of hydrogen-bond donors (Lipinski definition) is 1. The van der Waals surface area contributed by atoms with E-state index in [1.807, 2.05) is 0 Å². The molecule has 1 rings (SSSR count). The fourth-order valence-corrected chi connectivity index (χ4v) is 1.40. The number of primary amides is 1. The average Bonchev–Trinajstić information content (AvgIpc) is 2.19. The molecule has 1 aromatic carbocycles. The smallest absolute Gasteiger partial charge is 0.308 e. The maximum absolute atomic E-state index is 11.3. The van der Waals surface area contributed by atoms with Gasteiger partial charge in [0.2, 0.25) is 0 Å². The lowest BCUT2D eigenvalue weighted by molar-refractivity contribution is -0.134. The van der Waals surface area contributed by atoms with Gasteiger partial charge in [-0.25, -0.2) is 0 Å². The highest BCUT2D eigenvalue weighted by Crippen LogP contribution is 2.30. The van der Waals surface area contributed by atoms with Gasteiger partial charge >= 0.3 is 11.9 Å². The first-order valence-corrected chi connectivity index (χ1v) is 5.12. The van der Waals surface area contributed by atoms with E-state index in [2.05, 4.69) is 0 Å². The third-order valence-electron chi connectivity index (χ3n) is 1.96. The van der Waals surface area contributed by atoms with Crippen LogP contribution in [0.25, 0.3) is 0 Å². The molecule has 0 unspecified atom stereocenters. The number of rotatable bonds is 3. The molecule has 94 valence electrons. The zero-order chi connectivity index (χ0) is 13.9. The number of nitrogens with two attached hydrogens (primary N) is 1. The summed E-state index contributed by atoms with van der Waals surface area (Å²) in [4.78, 5) is 33.2. The van der Waals surface area contributed by atoms with Crippen molar-refractivity contribution in [1.82, 2.24) is 0 Å². The van der Waals surface area contributed by atoms with E-state index in [9.17, 15) is 14.4 Å². The molecule has 7 heteroatoms. The summed E-state index contributed by atoms with van der Waals surface area (Å²) in [6, 6.07) is 2.93. The van der Waals surface area contributed by atoms with Crippen molar-refractivity contribution >= 4 is 31.2 Å². The highest BCUT2D eigenvalue weighted by molar-refractivity contribution is 6.33. The highest BCUT2D eigenvalue weighted by Gasteiger charge is 2.19. The minimum absolute atomic E-state index is 0.00787. The molecule has 0 fully saturated rings. The summed E-state index contributed by atoms with van der Waals surface area (Å²) in [6.07, 6.45) is 0. The van der Waals surface area contributed by atoms with E-state index in [1.165, 1.54) is 26.0 Å². The van der Waals surface area contributed by atoms with Crippen molar-refractivity contribution in [3.05, 3.63) is 17.7 Å². The topological polar surface area (TPSA) is 95.7 Å². The molecule has 0 aliphatic rings. The molecular weight excluding hydrogens is 237 g/mol. The van der Waals surface area contributed by atoms with E-state index in [0.29, 0.717) is 5.46 Å². The second-order valence-electron chi connectivity index (χ2n) is 3.69. The van der Waals surface area contributed by atoms with Crippen LogP contribution in [0.4, 0.5) is 0 Å². The summed E-state index contributed by atoms with van der Waals surface area (Å²) < 4.78 is 9.77. The zero-order valence-corrected chi connectivity index (χ0v) is 10.3. The molecule has 0 heterocycles. The highest BCUT2D eigenvalue weighted by atomic mass is 16.6. The maximum Gasteiger partial charge on any atom is 0.308 e. The first kappa shape index (κ1) is 13.8. The molecule has 0 spiro atoms. The number of carbonyl (C=O) groups excluding carboxylic acids is 3. The van der Waals surface area contributed by atoms with Crippen molar-refractivity contribution in [2.45, 2.75) is 13.8 Å². The first-order chi connectivity index (χ1) is 8.31. The molecule has 2 N–H and O–H groups in total. The molecule has 0 bridgehead atoms.